The molecule has 0 aliphatic heterocycles. The summed E-state index contributed by atoms with van der Waals surface area (Å²) < 4.78 is 0. The van der Waals surface area contributed by atoms with Crippen molar-refractivity contribution in [3.05, 3.63) is 71.8 Å². The summed E-state index contributed by atoms with van der Waals surface area (Å²) in [5, 5.41) is 23.7. The van der Waals surface area contributed by atoms with E-state index in [0.29, 0.717) is 11.6 Å². The van der Waals surface area contributed by atoms with Crippen molar-refractivity contribution < 1.29 is 15.0 Å². The van der Waals surface area contributed by atoms with E-state index in [1.54, 1.807) is 12.3 Å². The summed E-state index contributed by atoms with van der Waals surface area (Å²) in [5.41, 5.74) is 5.15. The Morgan fingerprint density at radius 1 is 1.26 bits per heavy atom. The first-order valence-corrected chi connectivity index (χ1v) is 12.4. The van der Waals surface area contributed by atoms with Crippen LogP contribution in [0.5, 0.6) is 0 Å². The van der Waals surface area contributed by atoms with E-state index in [9.17, 15) is 15.0 Å². The summed E-state index contributed by atoms with van der Waals surface area (Å²) in [4.78, 5) is 21.0. The molecule has 1 spiro atoms. The highest BCUT2D eigenvalue weighted by atomic mass is 16.3. The normalized spacial score (nSPS) is 23.7. The van der Waals surface area contributed by atoms with Crippen LogP contribution in [-0.4, -0.2) is 38.7 Å². The van der Waals surface area contributed by atoms with Gasteiger partial charge in [0.1, 0.15) is 6.10 Å². The Bertz CT molecular complexity index is 1040. The zero-order chi connectivity index (χ0) is 24.3. The van der Waals surface area contributed by atoms with Gasteiger partial charge >= 0.3 is 0 Å². The van der Waals surface area contributed by atoms with Crippen LogP contribution < -0.4 is 5.32 Å². The van der Waals surface area contributed by atoms with Gasteiger partial charge in [0.15, 0.2) is 0 Å². The molecule has 182 valence electrons. The number of allylic oxidation sites excluding steroid dienone is 3. The topological polar surface area (TPSA) is 98.2 Å². The van der Waals surface area contributed by atoms with Gasteiger partial charge in [-0.2, -0.15) is 0 Å². The van der Waals surface area contributed by atoms with E-state index in [0.717, 1.165) is 49.8 Å². The molecule has 1 unspecified atom stereocenters. The number of aliphatic hydroxyl groups is 2. The zero-order valence-corrected chi connectivity index (χ0v) is 20.3. The van der Waals surface area contributed by atoms with Crippen LogP contribution in [0.4, 0.5) is 0 Å². The highest BCUT2D eigenvalue weighted by Crippen LogP contribution is 2.60. The van der Waals surface area contributed by atoms with Gasteiger partial charge in [-0.1, -0.05) is 24.8 Å². The molecule has 2 aliphatic carbocycles. The van der Waals surface area contributed by atoms with Crippen molar-refractivity contribution in [1.82, 2.24) is 15.3 Å². The lowest BCUT2D eigenvalue weighted by molar-refractivity contribution is -0.129. The number of aliphatic hydroxyl groups excluding tert-OH is 2. The van der Waals surface area contributed by atoms with Crippen LogP contribution in [0.3, 0.4) is 0 Å². The summed E-state index contributed by atoms with van der Waals surface area (Å²) in [6.07, 6.45) is 12.5. The second-order valence-corrected chi connectivity index (χ2v) is 10.1. The van der Waals surface area contributed by atoms with Gasteiger partial charge < -0.3 is 20.5 Å². The number of aryl methyl sites for hydroxylation is 2. The molecule has 2 aliphatic rings. The average molecular weight is 464 g/mol. The predicted octanol–water partition coefficient (Wildman–Crippen LogP) is 4.39. The van der Waals surface area contributed by atoms with Crippen LogP contribution in [0, 0.1) is 31.1 Å². The van der Waals surface area contributed by atoms with Gasteiger partial charge in [0.2, 0.25) is 5.91 Å². The summed E-state index contributed by atoms with van der Waals surface area (Å²) in [7, 11) is 0. The number of carbonyl (C=O) groups is 1. The Hall–Kier alpha value is -2.70. The molecule has 2 aromatic rings. The van der Waals surface area contributed by atoms with Crippen molar-refractivity contribution in [2.24, 2.45) is 17.3 Å². The highest BCUT2D eigenvalue weighted by molar-refractivity contribution is 5.80. The molecule has 4 N–H and O–H groups in total. The number of amides is 1. The molecule has 0 bridgehead atoms. The van der Waals surface area contributed by atoms with Crippen molar-refractivity contribution in [3.63, 3.8) is 0 Å². The standard InChI is InChI=1S/C28H37N3O3/c1-4-5-22(21-11-15-29-19(21)3)20-7-8-23(28(12-10-20)13-14-28)27(34)31-25(17-32)26(33)24-9-6-18(2)16-30-24/h4-6,9,11,15-16,20,23,25-26,29,32-33H,1,7-8,10,12-14,17H2,2-3H3,(H,31,34)/b22-5-/t20?,23-,25+,26-/m1/s1. The molecular formula is C28H37N3O3. The van der Waals surface area contributed by atoms with Gasteiger partial charge in [-0.3, -0.25) is 9.78 Å². The number of nitrogens with one attached hydrogen (secondary N) is 2. The number of nitrogens with zero attached hydrogens (tertiary/aromatic N) is 1. The maximum atomic E-state index is 13.5. The van der Waals surface area contributed by atoms with Gasteiger partial charge in [-0.05, 0) is 92.5 Å². The maximum absolute atomic E-state index is 13.5. The fourth-order valence-corrected chi connectivity index (χ4v) is 5.64. The molecule has 4 atom stereocenters. The van der Waals surface area contributed by atoms with Gasteiger partial charge in [-0.25, -0.2) is 0 Å². The Morgan fingerprint density at radius 3 is 2.65 bits per heavy atom. The molecule has 1 amide bonds. The van der Waals surface area contributed by atoms with E-state index in [1.807, 2.05) is 25.3 Å². The minimum atomic E-state index is -1.05. The molecule has 2 saturated carbocycles. The smallest absolute Gasteiger partial charge is 0.224 e. The molecule has 0 aromatic carbocycles. The third-order valence-corrected chi connectivity index (χ3v) is 7.89. The molecule has 0 radical (unpaired) electrons. The lowest BCUT2D eigenvalue weighted by Gasteiger charge is -2.28. The first-order valence-electron chi connectivity index (χ1n) is 12.4. The van der Waals surface area contributed by atoms with Gasteiger partial charge in [-0.15, -0.1) is 0 Å². The number of hydrogen-bond donors (Lipinski definition) is 4. The Balaban J connectivity index is 1.48. The highest BCUT2D eigenvalue weighted by Gasteiger charge is 2.53. The number of H-pyrrole nitrogens is 1. The molecule has 0 saturated heterocycles. The molecule has 6 heteroatoms. The van der Waals surface area contributed by atoms with E-state index in [2.05, 4.69) is 40.9 Å². The molecule has 6 nitrogen and oxygen atoms in total. The SMILES string of the molecule is C=C/C=C(\c1cc[nH]c1C)C1CC[C@H](C(=O)N[C@@H](CO)[C@H](O)c2ccc(C)cn2)C2(CC1)CC2. The number of carbonyl (C=O) groups excluding carboxylic acids is 1. The zero-order valence-electron chi connectivity index (χ0n) is 20.3. The van der Waals surface area contributed by atoms with E-state index in [-0.39, 0.29) is 23.8 Å². The van der Waals surface area contributed by atoms with Crippen molar-refractivity contribution in [2.75, 3.05) is 6.61 Å². The lowest BCUT2D eigenvalue weighted by Crippen LogP contribution is -2.46. The van der Waals surface area contributed by atoms with Gasteiger partial charge in [0.05, 0.1) is 18.3 Å². The Morgan fingerprint density at radius 2 is 2.06 bits per heavy atom. The largest absolute Gasteiger partial charge is 0.394 e. The fourth-order valence-electron chi connectivity index (χ4n) is 5.64. The van der Waals surface area contributed by atoms with Crippen molar-refractivity contribution in [3.8, 4) is 0 Å². The quantitative estimate of drug-likeness (QED) is 0.436. The molecule has 4 rings (SSSR count). The van der Waals surface area contributed by atoms with Gasteiger partial charge in [0.25, 0.3) is 0 Å². The van der Waals surface area contributed by atoms with Crippen LogP contribution in [0.2, 0.25) is 0 Å². The van der Waals surface area contributed by atoms with Crippen molar-refractivity contribution >= 4 is 11.5 Å². The minimum absolute atomic E-state index is 0.0401. The Labute approximate surface area is 202 Å². The van der Waals surface area contributed by atoms with Crippen LogP contribution >= 0.6 is 0 Å². The molecule has 2 heterocycles. The minimum Gasteiger partial charge on any atom is -0.394 e. The van der Waals surface area contributed by atoms with Gasteiger partial charge in [0, 0.05) is 24.0 Å². The number of pyridine rings is 1. The molecular weight excluding hydrogens is 426 g/mol. The predicted molar refractivity (Wildman–Crippen MR) is 134 cm³/mol. The van der Waals surface area contributed by atoms with Crippen molar-refractivity contribution in [2.45, 2.75) is 64.5 Å². The molecule has 34 heavy (non-hydrogen) atoms. The monoisotopic (exact) mass is 463 g/mol. The number of aromatic nitrogens is 2. The van der Waals surface area contributed by atoms with E-state index in [4.69, 9.17) is 0 Å². The lowest BCUT2D eigenvalue weighted by atomic mass is 9.83. The number of rotatable bonds is 8. The second kappa shape index (κ2) is 10.3. The first kappa shape index (κ1) is 24.4. The third-order valence-electron chi connectivity index (χ3n) is 7.89. The third kappa shape index (κ3) is 5.03. The van der Waals surface area contributed by atoms with Crippen LogP contribution in [0.1, 0.15) is 67.1 Å². The van der Waals surface area contributed by atoms with E-state index in [1.165, 1.54) is 11.1 Å². The fraction of sp³-hybridized carbons (Fsp3) is 0.500. The maximum Gasteiger partial charge on any atom is 0.224 e. The van der Waals surface area contributed by atoms with E-state index < -0.39 is 12.1 Å². The van der Waals surface area contributed by atoms with Crippen LogP contribution in [0.15, 0.2) is 49.3 Å². The summed E-state index contributed by atoms with van der Waals surface area (Å²) >= 11 is 0. The molecule has 2 aromatic heterocycles. The first-order chi connectivity index (χ1) is 16.4. The van der Waals surface area contributed by atoms with Crippen LogP contribution in [-0.2, 0) is 4.79 Å². The van der Waals surface area contributed by atoms with E-state index >= 15 is 0 Å². The Kier molecular flexibility index (Phi) is 7.39. The molecule has 2 fully saturated rings. The summed E-state index contributed by atoms with van der Waals surface area (Å²) in [5.74, 6) is 0.205. The average Bonchev–Trinajstić information content (AvgIpc) is 3.54. The van der Waals surface area contributed by atoms with Crippen molar-refractivity contribution in [1.29, 1.82) is 0 Å². The summed E-state index contributed by atoms with van der Waals surface area (Å²) in [6.45, 7) is 7.60. The second-order valence-electron chi connectivity index (χ2n) is 10.1. The summed E-state index contributed by atoms with van der Waals surface area (Å²) in [6, 6.07) is 4.95. The van der Waals surface area contributed by atoms with Crippen LogP contribution in [0.25, 0.3) is 5.57 Å². The number of aromatic amines is 1. The number of hydrogen-bond acceptors (Lipinski definition) is 4.